The first kappa shape index (κ1) is 19.8. The summed E-state index contributed by atoms with van der Waals surface area (Å²) in [7, 11) is 0. The standard InChI is InChI=1S/C21H21N3O3S/c1-12-5-6-17(11-13(12)2)20-23-24-21(27-20)28-15(4)19(26)22-18-9-7-16(8-10-18)14(3)25/h5-11,15H,1-4H3,(H,22,26)/t15-/m1/s1. The molecule has 7 heteroatoms. The van der Waals surface area contributed by atoms with E-state index in [4.69, 9.17) is 4.42 Å². The topological polar surface area (TPSA) is 85.1 Å². The van der Waals surface area contributed by atoms with Gasteiger partial charge in [-0.15, -0.1) is 10.2 Å². The molecule has 0 saturated carbocycles. The lowest BCUT2D eigenvalue weighted by Crippen LogP contribution is -2.22. The van der Waals surface area contributed by atoms with Gasteiger partial charge in [0.15, 0.2) is 5.78 Å². The van der Waals surface area contributed by atoms with Gasteiger partial charge in [-0.3, -0.25) is 9.59 Å². The van der Waals surface area contributed by atoms with Crippen LogP contribution in [0.4, 0.5) is 5.69 Å². The van der Waals surface area contributed by atoms with E-state index in [9.17, 15) is 9.59 Å². The van der Waals surface area contributed by atoms with Gasteiger partial charge < -0.3 is 9.73 Å². The first-order chi connectivity index (χ1) is 13.3. The number of nitrogens with zero attached hydrogens (tertiary/aromatic N) is 2. The van der Waals surface area contributed by atoms with Crippen molar-refractivity contribution in [2.24, 2.45) is 0 Å². The third-order valence-corrected chi connectivity index (χ3v) is 5.30. The van der Waals surface area contributed by atoms with E-state index >= 15 is 0 Å². The summed E-state index contributed by atoms with van der Waals surface area (Å²) >= 11 is 1.20. The highest BCUT2D eigenvalue weighted by molar-refractivity contribution is 8.00. The molecule has 1 atom stereocenters. The highest BCUT2D eigenvalue weighted by Crippen LogP contribution is 2.27. The van der Waals surface area contributed by atoms with Gasteiger partial charge in [-0.1, -0.05) is 17.8 Å². The number of benzene rings is 2. The maximum atomic E-state index is 12.4. The van der Waals surface area contributed by atoms with Crippen molar-refractivity contribution < 1.29 is 14.0 Å². The van der Waals surface area contributed by atoms with Crippen LogP contribution in [0.2, 0.25) is 0 Å². The van der Waals surface area contributed by atoms with Gasteiger partial charge in [-0.05, 0) is 75.2 Å². The Labute approximate surface area is 167 Å². The van der Waals surface area contributed by atoms with Gasteiger partial charge in [-0.25, -0.2) is 0 Å². The van der Waals surface area contributed by atoms with Gasteiger partial charge in [-0.2, -0.15) is 0 Å². The zero-order chi connectivity index (χ0) is 20.3. The fourth-order valence-corrected chi connectivity index (χ4v) is 3.17. The number of thioether (sulfide) groups is 1. The molecule has 0 saturated heterocycles. The van der Waals surface area contributed by atoms with Crippen LogP contribution in [0, 0.1) is 13.8 Å². The molecule has 0 unspecified atom stereocenters. The number of hydrogen-bond acceptors (Lipinski definition) is 6. The monoisotopic (exact) mass is 395 g/mol. The van der Waals surface area contributed by atoms with Crippen LogP contribution in [0.25, 0.3) is 11.5 Å². The molecule has 6 nitrogen and oxygen atoms in total. The third-order valence-electron chi connectivity index (χ3n) is 4.37. The van der Waals surface area contributed by atoms with Crippen molar-refractivity contribution in [1.82, 2.24) is 10.2 Å². The van der Waals surface area contributed by atoms with E-state index < -0.39 is 5.25 Å². The number of anilines is 1. The van der Waals surface area contributed by atoms with Gasteiger partial charge in [0, 0.05) is 16.8 Å². The fraction of sp³-hybridized carbons (Fsp3) is 0.238. The van der Waals surface area contributed by atoms with Crippen LogP contribution in [-0.4, -0.2) is 27.1 Å². The second-order valence-corrected chi connectivity index (χ2v) is 7.85. The van der Waals surface area contributed by atoms with Gasteiger partial charge >= 0.3 is 0 Å². The average molecular weight is 395 g/mol. The minimum atomic E-state index is -0.430. The molecule has 0 spiro atoms. The summed E-state index contributed by atoms with van der Waals surface area (Å²) in [6, 6.07) is 12.7. The highest BCUT2D eigenvalue weighted by atomic mass is 32.2. The SMILES string of the molecule is CC(=O)c1ccc(NC(=O)[C@@H](C)Sc2nnc(-c3ccc(C)c(C)c3)o2)cc1. The summed E-state index contributed by atoms with van der Waals surface area (Å²) < 4.78 is 5.70. The largest absolute Gasteiger partial charge is 0.411 e. The van der Waals surface area contributed by atoms with Crippen LogP contribution in [0.3, 0.4) is 0 Å². The van der Waals surface area contributed by atoms with Crippen LogP contribution in [0.5, 0.6) is 0 Å². The normalized spacial score (nSPS) is 11.9. The first-order valence-corrected chi connectivity index (χ1v) is 9.71. The number of aromatic nitrogens is 2. The smallest absolute Gasteiger partial charge is 0.277 e. The van der Waals surface area contributed by atoms with Crippen molar-refractivity contribution in [3.05, 3.63) is 59.2 Å². The van der Waals surface area contributed by atoms with E-state index in [0.29, 0.717) is 22.4 Å². The lowest BCUT2D eigenvalue weighted by Gasteiger charge is -2.10. The van der Waals surface area contributed by atoms with E-state index in [1.54, 1.807) is 31.2 Å². The first-order valence-electron chi connectivity index (χ1n) is 8.83. The average Bonchev–Trinajstić information content (AvgIpc) is 3.12. The Morgan fingerprint density at radius 1 is 1.04 bits per heavy atom. The predicted molar refractivity (Wildman–Crippen MR) is 110 cm³/mol. The Bertz CT molecular complexity index is 1010. The summed E-state index contributed by atoms with van der Waals surface area (Å²) in [5.41, 5.74) is 4.42. The number of carbonyl (C=O) groups excluding carboxylic acids is 2. The molecule has 0 aliphatic heterocycles. The molecule has 1 N–H and O–H groups in total. The zero-order valence-corrected chi connectivity index (χ0v) is 17.0. The molecule has 0 fully saturated rings. The molecule has 28 heavy (non-hydrogen) atoms. The zero-order valence-electron chi connectivity index (χ0n) is 16.1. The van der Waals surface area contributed by atoms with Crippen molar-refractivity contribution in [1.29, 1.82) is 0 Å². The number of carbonyl (C=O) groups is 2. The molecule has 3 rings (SSSR count). The van der Waals surface area contributed by atoms with Crippen LogP contribution in [0.1, 0.15) is 35.3 Å². The Hall–Kier alpha value is -2.93. The lowest BCUT2D eigenvalue weighted by molar-refractivity contribution is -0.115. The summed E-state index contributed by atoms with van der Waals surface area (Å²) in [5, 5.41) is 10.8. The molecule has 144 valence electrons. The molecule has 0 radical (unpaired) electrons. The number of rotatable bonds is 6. The Balaban J connectivity index is 1.63. The number of amides is 1. The van der Waals surface area contributed by atoms with Gasteiger partial charge in [0.1, 0.15) is 0 Å². The van der Waals surface area contributed by atoms with Crippen molar-refractivity contribution >= 4 is 29.1 Å². The summed E-state index contributed by atoms with van der Waals surface area (Å²) in [6.45, 7) is 7.34. The van der Waals surface area contributed by atoms with Crippen molar-refractivity contribution in [2.75, 3.05) is 5.32 Å². The van der Waals surface area contributed by atoms with Crippen LogP contribution in [-0.2, 0) is 4.79 Å². The van der Waals surface area contributed by atoms with Crippen molar-refractivity contribution in [3.63, 3.8) is 0 Å². The maximum absolute atomic E-state index is 12.4. The molecule has 3 aromatic rings. The molecule has 0 bridgehead atoms. The minimum absolute atomic E-state index is 0.0160. The van der Waals surface area contributed by atoms with E-state index in [1.165, 1.54) is 24.2 Å². The van der Waals surface area contributed by atoms with E-state index in [-0.39, 0.29) is 11.7 Å². The molecular formula is C21H21N3O3S. The second-order valence-electron chi connectivity index (χ2n) is 6.56. The number of hydrogen-bond donors (Lipinski definition) is 1. The maximum Gasteiger partial charge on any atom is 0.277 e. The third kappa shape index (κ3) is 4.67. The number of nitrogens with one attached hydrogen (secondary N) is 1. The lowest BCUT2D eigenvalue weighted by atomic mass is 10.1. The van der Waals surface area contributed by atoms with Crippen molar-refractivity contribution in [3.8, 4) is 11.5 Å². The van der Waals surface area contributed by atoms with Crippen molar-refractivity contribution in [2.45, 2.75) is 38.2 Å². The van der Waals surface area contributed by atoms with Gasteiger partial charge in [0.2, 0.25) is 11.8 Å². The summed E-state index contributed by atoms with van der Waals surface area (Å²) in [6.07, 6.45) is 0. The highest BCUT2D eigenvalue weighted by Gasteiger charge is 2.19. The summed E-state index contributed by atoms with van der Waals surface area (Å²) in [4.78, 5) is 23.7. The number of ketones is 1. The number of Topliss-reactive ketones (excluding diaryl/α,β-unsaturated/α-hetero) is 1. The fourth-order valence-electron chi connectivity index (χ4n) is 2.49. The molecule has 1 amide bonds. The quantitative estimate of drug-likeness (QED) is 0.482. The molecular weight excluding hydrogens is 374 g/mol. The predicted octanol–water partition coefficient (Wildman–Crippen LogP) is 4.68. The molecule has 1 aromatic heterocycles. The molecule has 0 aliphatic rings. The Kier molecular flexibility index (Phi) is 5.94. The molecule has 2 aromatic carbocycles. The van der Waals surface area contributed by atoms with Gasteiger partial charge in [0.05, 0.1) is 5.25 Å². The van der Waals surface area contributed by atoms with E-state index in [1.807, 2.05) is 32.0 Å². The second kappa shape index (κ2) is 8.39. The van der Waals surface area contributed by atoms with Crippen LogP contribution < -0.4 is 5.32 Å². The Morgan fingerprint density at radius 2 is 1.75 bits per heavy atom. The van der Waals surface area contributed by atoms with E-state index in [0.717, 1.165) is 11.1 Å². The number of aryl methyl sites for hydroxylation is 2. The molecule has 0 aliphatic carbocycles. The molecule has 1 heterocycles. The van der Waals surface area contributed by atoms with Crippen LogP contribution >= 0.6 is 11.8 Å². The van der Waals surface area contributed by atoms with E-state index in [2.05, 4.69) is 15.5 Å². The van der Waals surface area contributed by atoms with Crippen LogP contribution in [0.15, 0.2) is 52.1 Å². The van der Waals surface area contributed by atoms with Gasteiger partial charge in [0.25, 0.3) is 5.22 Å². The summed E-state index contributed by atoms with van der Waals surface area (Å²) in [5.74, 6) is 0.224. The minimum Gasteiger partial charge on any atom is -0.411 e. The Morgan fingerprint density at radius 3 is 2.39 bits per heavy atom.